The maximum atomic E-state index is 12.7. The number of ether oxygens (including phenoxy) is 1. The number of aromatic nitrogens is 1. The van der Waals surface area contributed by atoms with Crippen LogP contribution in [0.5, 0.6) is 5.19 Å². The number of benzene rings is 2. The van der Waals surface area contributed by atoms with Gasteiger partial charge in [-0.05, 0) is 49.1 Å². The molecular formula is C19H17ClN2O2S. The Bertz CT molecular complexity index is 954. The minimum absolute atomic E-state index is 0.0126. The number of halogens is 1. The predicted octanol–water partition coefficient (Wildman–Crippen LogP) is 4.62. The average Bonchev–Trinajstić information content (AvgIpc) is 3.01. The Hall–Kier alpha value is -2.11. The molecule has 1 aliphatic rings. The lowest BCUT2D eigenvalue weighted by Gasteiger charge is -2.30. The highest BCUT2D eigenvalue weighted by Crippen LogP contribution is 2.32. The van der Waals surface area contributed by atoms with Gasteiger partial charge in [-0.2, -0.15) is 0 Å². The zero-order chi connectivity index (χ0) is 17.4. The molecule has 0 radical (unpaired) electrons. The molecule has 1 aliphatic heterocycles. The van der Waals surface area contributed by atoms with E-state index >= 15 is 0 Å². The molecule has 1 amide bonds. The van der Waals surface area contributed by atoms with Crippen LogP contribution in [0.15, 0.2) is 36.4 Å². The summed E-state index contributed by atoms with van der Waals surface area (Å²) >= 11 is 7.40. The van der Waals surface area contributed by atoms with E-state index in [-0.39, 0.29) is 12.5 Å². The molecule has 2 aromatic carbocycles. The molecule has 0 atom stereocenters. The van der Waals surface area contributed by atoms with E-state index < -0.39 is 0 Å². The van der Waals surface area contributed by atoms with Crippen LogP contribution < -0.4 is 9.64 Å². The van der Waals surface area contributed by atoms with E-state index in [1.165, 1.54) is 16.9 Å². The lowest BCUT2D eigenvalue weighted by atomic mass is 9.98. The Morgan fingerprint density at radius 2 is 2.24 bits per heavy atom. The lowest BCUT2D eigenvalue weighted by Crippen LogP contribution is -2.39. The zero-order valence-electron chi connectivity index (χ0n) is 13.8. The number of hydrogen-bond donors (Lipinski definition) is 0. The summed E-state index contributed by atoms with van der Waals surface area (Å²) in [5.74, 6) is -0.0347. The maximum Gasteiger partial charge on any atom is 0.274 e. The summed E-state index contributed by atoms with van der Waals surface area (Å²) in [6.07, 6.45) is 1.99. The van der Waals surface area contributed by atoms with E-state index in [9.17, 15) is 4.79 Å². The molecule has 0 unspecified atom stereocenters. The smallest absolute Gasteiger partial charge is 0.274 e. The fourth-order valence-electron chi connectivity index (χ4n) is 3.24. The molecular weight excluding hydrogens is 356 g/mol. The van der Waals surface area contributed by atoms with E-state index in [1.807, 2.05) is 36.1 Å². The number of hydrogen-bond acceptors (Lipinski definition) is 4. The molecule has 2 heterocycles. The van der Waals surface area contributed by atoms with Gasteiger partial charge in [0.1, 0.15) is 0 Å². The van der Waals surface area contributed by atoms with Crippen LogP contribution in [0.3, 0.4) is 0 Å². The van der Waals surface area contributed by atoms with E-state index in [0.717, 1.165) is 40.9 Å². The average molecular weight is 373 g/mol. The van der Waals surface area contributed by atoms with Gasteiger partial charge in [0.2, 0.25) is 0 Å². The van der Waals surface area contributed by atoms with Gasteiger partial charge in [0.05, 0.1) is 10.2 Å². The second-order valence-corrected chi connectivity index (χ2v) is 7.54. The number of carbonyl (C=O) groups excluding carboxylic acids is 1. The second kappa shape index (κ2) is 6.65. The highest BCUT2D eigenvalue weighted by atomic mass is 35.5. The molecule has 0 bridgehead atoms. The van der Waals surface area contributed by atoms with Gasteiger partial charge in [0.25, 0.3) is 11.1 Å². The number of carbonyl (C=O) groups is 1. The molecule has 0 saturated carbocycles. The number of para-hydroxylation sites is 1. The zero-order valence-corrected chi connectivity index (χ0v) is 15.4. The monoisotopic (exact) mass is 372 g/mol. The van der Waals surface area contributed by atoms with Crippen molar-refractivity contribution in [2.75, 3.05) is 18.1 Å². The van der Waals surface area contributed by atoms with Crippen LogP contribution in [0, 0.1) is 6.92 Å². The number of fused-ring (bicyclic) bond motifs is 2. The van der Waals surface area contributed by atoms with Crippen LogP contribution in [-0.2, 0) is 11.2 Å². The Morgan fingerprint density at radius 3 is 3.12 bits per heavy atom. The summed E-state index contributed by atoms with van der Waals surface area (Å²) in [6, 6.07) is 11.7. The number of amides is 1. The third-order valence-corrected chi connectivity index (χ3v) is 5.54. The van der Waals surface area contributed by atoms with E-state index in [0.29, 0.717) is 10.2 Å². The molecule has 25 heavy (non-hydrogen) atoms. The minimum atomic E-state index is -0.0347. The summed E-state index contributed by atoms with van der Waals surface area (Å²) in [6.45, 7) is 2.76. The standard InChI is InChI=1S/C19H17ClN2O2S/c1-12-4-2-5-13-6-3-9-22(18(12)13)17(23)11-24-19-21-15-8-7-14(20)10-16(15)25-19/h2,4-5,7-8,10H,3,6,9,11H2,1H3. The highest BCUT2D eigenvalue weighted by Gasteiger charge is 2.24. The van der Waals surface area contributed by atoms with Crippen molar-refractivity contribution in [1.29, 1.82) is 0 Å². The first-order valence-electron chi connectivity index (χ1n) is 8.19. The molecule has 0 spiro atoms. The van der Waals surface area contributed by atoms with Crippen molar-refractivity contribution in [2.45, 2.75) is 19.8 Å². The van der Waals surface area contributed by atoms with Gasteiger partial charge >= 0.3 is 0 Å². The molecule has 0 N–H and O–H groups in total. The van der Waals surface area contributed by atoms with E-state index in [1.54, 1.807) is 6.07 Å². The van der Waals surface area contributed by atoms with Crippen molar-refractivity contribution in [3.05, 3.63) is 52.5 Å². The molecule has 1 aromatic heterocycles. The maximum absolute atomic E-state index is 12.7. The normalized spacial score (nSPS) is 13.8. The van der Waals surface area contributed by atoms with Crippen LogP contribution >= 0.6 is 22.9 Å². The Kier molecular flexibility index (Phi) is 4.36. The molecule has 3 aromatic rings. The van der Waals surface area contributed by atoms with Crippen LogP contribution in [0.25, 0.3) is 10.2 Å². The van der Waals surface area contributed by atoms with Gasteiger partial charge < -0.3 is 9.64 Å². The van der Waals surface area contributed by atoms with E-state index in [4.69, 9.17) is 16.3 Å². The topological polar surface area (TPSA) is 42.4 Å². The fourth-order valence-corrected chi connectivity index (χ4v) is 4.33. The Morgan fingerprint density at radius 1 is 1.36 bits per heavy atom. The predicted molar refractivity (Wildman–Crippen MR) is 102 cm³/mol. The van der Waals surface area contributed by atoms with Crippen molar-refractivity contribution in [2.24, 2.45) is 0 Å². The first kappa shape index (κ1) is 16.4. The van der Waals surface area contributed by atoms with Gasteiger partial charge in [-0.15, -0.1) is 0 Å². The molecule has 0 saturated heterocycles. The highest BCUT2D eigenvalue weighted by molar-refractivity contribution is 7.20. The molecule has 6 heteroatoms. The van der Waals surface area contributed by atoms with Crippen molar-refractivity contribution in [3.8, 4) is 5.19 Å². The molecule has 4 nitrogen and oxygen atoms in total. The van der Waals surface area contributed by atoms with Gasteiger partial charge in [-0.3, -0.25) is 4.79 Å². The second-order valence-electron chi connectivity index (χ2n) is 6.11. The fraction of sp³-hybridized carbons (Fsp3) is 0.263. The third-order valence-electron chi connectivity index (χ3n) is 4.37. The molecule has 4 rings (SSSR count). The molecule has 0 fully saturated rings. The Balaban J connectivity index is 1.51. The minimum Gasteiger partial charge on any atom is -0.460 e. The molecule has 128 valence electrons. The summed E-state index contributed by atoms with van der Waals surface area (Å²) in [5.41, 5.74) is 4.23. The lowest BCUT2D eigenvalue weighted by molar-refractivity contribution is -0.120. The van der Waals surface area contributed by atoms with Crippen LogP contribution in [0.4, 0.5) is 5.69 Å². The van der Waals surface area contributed by atoms with Crippen molar-refractivity contribution in [1.82, 2.24) is 4.98 Å². The quantitative estimate of drug-likeness (QED) is 0.673. The van der Waals surface area contributed by atoms with Gasteiger partial charge in [-0.25, -0.2) is 4.98 Å². The molecule has 0 aliphatic carbocycles. The summed E-state index contributed by atoms with van der Waals surface area (Å²) in [4.78, 5) is 19.0. The SMILES string of the molecule is Cc1cccc2c1N(C(=O)COc1nc3ccc(Cl)cc3s1)CCC2. The van der Waals surface area contributed by atoms with Crippen LogP contribution in [0.1, 0.15) is 17.5 Å². The van der Waals surface area contributed by atoms with Crippen molar-refractivity contribution >= 4 is 44.7 Å². The summed E-state index contributed by atoms with van der Waals surface area (Å²) in [5, 5.41) is 1.16. The van der Waals surface area contributed by atoms with Crippen LogP contribution in [0.2, 0.25) is 5.02 Å². The summed E-state index contributed by atoms with van der Waals surface area (Å²) in [7, 11) is 0. The van der Waals surface area contributed by atoms with E-state index in [2.05, 4.69) is 11.1 Å². The number of nitrogens with zero attached hydrogens (tertiary/aromatic N) is 2. The first-order chi connectivity index (χ1) is 12.1. The third kappa shape index (κ3) is 3.22. The number of aryl methyl sites for hydroxylation is 2. The number of thiazole rings is 1. The van der Waals surface area contributed by atoms with Crippen molar-refractivity contribution in [3.63, 3.8) is 0 Å². The number of anilines is 1. The first-order valence-corrected chi connectivity index (χ1v) is 9.39. The van der Waals surface area contributed by atoms with Crippen LogP contribution in [-0.4, -0.2) is 24.0 Å². The summed E-state index contributed by atoms with van der Waals surface area (Å²) < 4.78 is 6.63. The van der Waals surface area contributed by atoms with Gasteiger partial charge in [-0.1, -0.05) is 41.1 Å². The largest absolute Gasteiger partial charge is 0.460 e. The Labute approximate surface area is 155 Å². The number of rotatable bonds is 3. The van der Waals surface area contributed by atoms with Gasteiger partial charge in [0, 0.05) is 17.3 Å². The van der Waals surface area contributed by atoms with Crippen molar-refractivity contribution < 1.29 is 9.53 Å². The van der Waals surface area contributed by atoms with Gasteiger partial charge in [0.15, 0.2) is 6.61 Å².